The third kappa shape index (κ3) is 6.13. The van der Waals surface area contributed by atoms with Gasteiger partial charge in [0.05, 0.1) is 6.26 Å². The van der Waals surface area contributed by atoms with Gasteiger partial charge in [-0.15, -0.1) is 0 Å². The van der Waals surface area contributed by atoms with Crippen LogP contribution < -0.4 is 16.0 Å². The second-order valence-corrected chi connectivity index (χ2v) is 6.91. The molecule has 0 bridgehead atoms. The minimum atomic E-state index is -0.208. The molecule has 1 amide bonds. The number of piperidine rings is 1. The van der Waals surface area contributed by atoms with Gasteiger partial charge in [0.1, 0.15) is 0 Å². The zero-order chi connectivity index (χ0) is 19.6. The van der Waals surface area contributed by atoms with Crippen LogP contribution in [0.4, 0.5) is 0 Å². The van der Waals surface area contributed by atoms with E-state index in [1.807, 2.05) is 0 Å². The number of furan rings is 1. The highest BCUT2D eigenvalue weighted by Gasteiger charge is 2.20. The minimum Gasteiger partial charge on any atom is -0.459 e. The van der Waals surface area contributed by atoms with E-state index in [0.29, 0.717) is 24.9 Å². The number of guanidine groups is 1. The summed E-state index contributed by atoms with van der Waals surface area (Å²) in [5.74, 6) is 0.888. The standard InChI is InChI=1S/C21H29N5O2/c1-22-21(24-12-11-23-20(27)19-8-5-15-28-19)25-18-9-13-26(14-10-18)16-17-6-3-2-4-7-17/h2-8,15,18H,9-14,16H2,1H3,(H,23,27)(H2,22,24,25). The Kier molecular flexibility index (Phi) is 7.49. The summed E-state index contributed by atoms with van der Waals surface area (Å²) in [6.07, 6.45) is 3.66. The molecule has 0 aliphatic carbocycles. The first-order chi connectivity index (χ1) is 13.7. The van der Waals surface area contributed by atoms with E-state index in [0.717, 1.165) is 38.4 Å². The molecule has 3 N–H and O–H groups in total. The van der Waals surface area contributed by atoms with Crippen molar-refractivity contribution in [2.24, 2.45) is 4.99 Å². The number of carbonyl (C=O) groups excluding carboxylic acids is 1. The van der Waals surface area contributed by atoms with Gasteiger partial charge >= 0.3 is 0 Å². The van der Waals surface area contributed by atoms with Crippen molar-refractivity contribution in [1.29, 1.82) is 0 Å². The quantitative estimate of drug-likeness (QED) is 0.386. The molecule has 1 aromatic heterocycles. The Morgan fingerprint density at radius 1 is 1.11 bits per heavy atom. The highest BCUT2D eigenvalue weighted by molar-refractivity contribution is 5.91. The maximum absolute atomic E-state index is 11.8. The molecule has 0 spiro atoms. The average Bonchev–Trinajstić information content (AvgIpc) is 3.27. The van der Waals surface area contributed by atoms with Crippen molar-refractivity contribution < 1.29 is 9.21 Å². The first kappa shape index (κ1) is 19.9. The van der Waals surface area contributed by atoms with Gasteiger partial charge in [-0.3, -0.25) is 14.7 Å². The van der Waals surface area contributed by atoms with Crippen LogP contribution in [0, 0.1) is 0 Å². The summed E-state index contributed by atoms with van der Waals surface area (Å²) in [6, 6.07) is 14.4. The third-order valence-corrected chi connectivity index (χ3v) is 4.85. The number of nitrogens with one attached hydrogen (secondary N) is 3. The van der Waals surface area contributed by atoms with E-state index in [2.05, 4.69) is 56.2 Å². The lowest BCUT2D eigenvalue weighted by atomic mass is 10.0. The lowest BCUT2D eigenvalue weighted by Gasteiger charge is -2.33. The fraction of sp³-hybridized carbons (Fsp3) is 0.429. The molecule has 2 aromatic rings. The third-order valence-electron chi connectivity index (χ3n) is 4.85. The van der Waals surface area contributed by atoms with Crippen LogP contribution in [0.1, 0.15) is 29.0 Å². The minimum absolute atomic E-state index is 0.208. The summed E-state index contributed by atoms with van der Waals surface area (Å²) in [4.78, 5) is 18.6. The van der Waals surface area contributed by atoms with Gasteiger partial charge in [0.2, 0.25) is 0 Å². The maximum atomic E-state index is 11.8. The van der Waals surface area contributed by atoms with E-state index in [4.69, 9.17) is 4.42 Å². The Hall–Kier alpha value is -2.80. The number of hydrogen-bond donors (Lipinski definition) is 3. The molecule has 7 heteroatoms. The summed E-state index contributed by atoms with van der Waals surface area (Å²) in [5.41, 5.74) is 1.36. The number of likely N-dealkylation sites (tertiary alicyclic amines) is 1. The summed E-state index contributed by atoms with van der Waals surface area (Å²) in [6.45, 7) is 4.25. The molecule has 28 heavy (non-hydrogen) atoms. The molecule has 0 saturated carbocycles. The smallest absolute Gasteiger partial charge is 0.287 e. The largest absolute Gasteiger partial charge is 0.459 e. The fourth-order valence-electron chi connectivity index (χ4n) is 3.32. The predicted octanol–water partition coefficient (Wildman–Crippen LogP) is 1.84. The Morgan fingerprint density at radius 3 is 2.54 bits per heavy atom. The molecule has 2 heterocycles. The summed E-state index contributed by atoms with van der Waals surface area (Å²) < 4.78 is 5.07. The van der Waals surface area contributed by atoms with Crippen LogP contribution in [0.5, 0.6) is 0 Å². The highest BCUT2D eigenvalue weighted by atomic mass is 16.3. The summed E-state index contributed by atoms with van der Waals surface area (Å²) >= 11 is 0. The zero-order valence-corrected chi connectivity index (χ0v) is 16.4. The average molecular weight is 383 g/mol. The number of nitrogens with zero attached hydrogens (tertiary/aromatic N) is 2. The lowest BCUT2D eigenvalue weighted by molar-refractivity contribution is 0.0926. The molecular formula is C21H29N5O2. The zero-order valence-electron chi connectivity index (χ0n) is 16.4. The van der Waals surface area contributed by atoms with Crippen LogP contribution in [0.25, 0.3) is 0 Å². The van der Waals surface area contributed by atoms with Gasteiger partial charge in [0, 0.05) is 45.8 Å². The van der Waals surface area contributed by atoms with E-state index >= 15 is 0 Å². The molecule has 3 rings (SSSR count). The van der Waals surface area contributed by atoms with Crippen molar-refractivity contribution in [3.63, 3.8) is 0 Å². The van der Waals surface area contributed by atoms with Crippen LogP contribution in [-0.4, -0.2) is 56.0 Å². The van der Waals surface area contributed by atoms with Crippen molar-refractivity contribution in [3.8, 4) is 0 Å². The first-order valence-electron chi connectivity index (χ1n) is 9.80. The Labute approximate surface area is 166 Å². The topological polar surface area (TPSA) is 81.9 Å². The number of carbonyl (C=O) groups is 1. The maximum Gasteiger partial charge on any atom is 0.287 e. The van der Waals surface area contributed by atoms with E-state index < -0.39 is 0 Å². The van der Waals surface area contributed by atoms with Gasteiger partial charge < -0.3 is 20.4 Å². The molecule has 7 nitrogen and oxygen atoms in total. The van der Waals surface area contributed by atoms with Crippen molar-refractivity contribution in [2.75, 3.05) is 33.2 Å². The Morgan fingerprint density at radius 2 is 1.86 bits per heavy atom. The molecule has 0 unspecified atom stereocenters. The van der Waals surface area contributed by atoms with E-state index in [1.54, 1.807) is 19.2 Å². The summed E-state index contributed by atoms with van der Waals surface area (Å²) in [7, 11) is 1.77. The number of hydrogen-bond acceptors (Lipinski definition) is 4. The van der Waals surface area contributed by atoms with Crippen molar-refractivity contribution in [1.82, 2.24) is 20.9 Å². The van der Waals surface area contributed by atoms with E-state index in [9.17, 15) is 4.79 Å². The number of benzene rings is 1. The second-order valence-electron chi connectivity index (χ2n) is 6.91. The van der Waals surface area contributed by atoms with Crippen molar-refractivity contribution >= 4 is 11.9 Å². The number of rotatable bonds is 7. The molecule has 150 valence electrons. The Bertz CT molecular complexity index is 737. The monoisotopic (exact) mass is 383 g/mol. The van der Waals surface area contributed by atoms with Gasteiger partial charge in [0.15, 0.2) is 11.7 Å². The number of aliphatic imine (C=N–C) groups is 1. The van der Waals surface area contributed by atoms with E-state index in [-0.39, 0.29) is 5.91 Å². The normalized spacial score (nSPS) is 16.0. The number of amides is 1. The second kappa shape index (κ2) is 10.5. The fourth-order valence-corrected chi connectivity index (χ4v) is 3.32. The molecule has 0 radical (unpaired) electrons. The van der Waals surface area contributed by atoms with Crippen LogP contribution in [-0.2, 0) is 6.54 Å². The van der Waals surface area contributed by atoms with Crippen molar-refractivity contribution in [3.05, 3.63) is 60.1 Å². The highest BCUT2D eigenvalue weighted by Crippen LogP contribution is 2.13. The SMILES string of the molecule is CN=C(NCCNC(=O)c1ccco1)NC1CCN(Cc2ccccc2)CC1. The molecule has 1 aliphatic rings. The molecule has 0 atom stereocenters. The summed E-state index contributed by atoms with van der Waals surface area (Å²) in [5, 5.41) is 9.55. The lowest BCUT2D eigenvalue weighted by Crippen LogP contribution is -2.49. The van der Waals surface area contributed by atoms with Gasteiger partial charge in [-0.1, -0.05) is 30.3 Å². The van der Waals surface area contributed by atoms with Gasteiger partial charge in [-0.25, -0.2) is 0 Å². The molecule has 1 aliphatic heterocycles. The van der Waals surface area contributed by atoms with Gasteiger partial charge in [0.25, 0.3) is 5.91 Å². The Balaban J connectivity index is 1.32. The predicted molar refractivity (Wildman–Crippen MR) is 110 cm³/mol. The van der Waals surface area contributed by atoms with Gasteiger partial charge in [-0.05, 0) is 30.5 Å². The molecule has 1 fully saturated rings. The van der Waals surface area contributed by atoms with Crippen LogP contribution in [0.3, 0.4) is 0 Å². The van der Waals surface area contributed by atoms with Gasteiger partial charge in [-0.2, -0.15) is 0 Å². The van der Waals surface area contributed by atoms with Crippen LogP contribution in [0.2, 0.25) is 0 Å². The molecule has 1 saturated heterocycles. The van der Waals surface area contributed by atoms with E-state index in [1.165, 1.54) is 11.8 Å². The first-order valence-corrected chi connectivity index (χ1v) is 9.80. The molecular weight excluding hydrogens is 354 g/mol. The van der Waals surface area contributed by atoms with Crippen LogP contribution in [0.15, 0.2) is 58.1 Å². The van der Waals surface area contributed by atoms with Crippen molar-refractivity contribution in [2.45, 2.75) is 25.4 Å². The molecule has 1 aromatic carbocycles. The van der Waals surface area contributed by atoms with Crippen LogP contribution >= 0.6 is 0 Å².